The van der Waals surface area contributed by atoms with Gasteiger partial charge in [0.15, 0.2) is 0 Å². The Morgan fingerprint density at radius 2 is 1.85 bits per heavy atom. The van der Waals surface area contributed by atoms with Gasteiger partial charge in [-0.1, -0.05) is 24.3 Å². The molecule has 2 N–H and O–H groups in total. The molecule has 0 radical (unpaired) electrons. The van der Waals surface area contributed by atoms with Crippen molar-refractivity contribution in [2.45, 2.75) is 56.1 Å². The maximum atomic E-state index is 13.3. The van der Waals surface area contributed by atoms with Gasteiger partial charge in [0.05, 0.1) is 6.26 Å². The van der Waals surface area contributed by atoms with Crippen molar-refractivity contribution in [1.29, 1.82) is 0 Å². The second-order valence-corrected chi connectivity index (χ2v) is 9.85. The summed E-state index contributed by atoms with van der Waals surface area (Å²) in [6, 6.07) is 8.31. The van der Waals surface area contributed by atoms with E-state index in [1.165, 1.54) is 17.4 Å². The van der Waals surface area contributed by atoms with E-state index in [0.717, 1.165) is 38.6 Å². The third kappa shape index (κ3) is 3.40. The number of hydrogen-bond donors (Lipinski definition) is 2. The molecule has 1 aromatic rings. The van der Waals surface area contributed by atoms with E-state index in [1.807, 2.05) is 12.1 Å². The van der Waals surface area contributed by atoms with E-state index < -0.39 is 15.6 Å². The Kier molecular flexibility index (Phi) is 4.57. The maximum Gasteiger partial charge on any atom is 0.240 e. The van der Waals surface area contributed by atoms with Crippen LogP contribution in [0.1, 0.15) is 36.8 Å². The normalized spacial score (nSPS) is 29.3. The summed E-state index contributed by atoms with van der Waals surface area (Å²) in [5.74, 6) is 0.0767. The number of rotatable bonds is 4. The number of carbonyl (C=O) groups is 1. The summed E-state index contributed by atoms with van der Waals surface area (Å²) < 4.78 is 26.0. The van der Waals surface area contributed by atoms with Crippen LogP contribution < -0.4 is 10.0 Å². The van der Waals surface area contributed by atoms with E-state index in [2.05, 4.69) is 27.1 Å². The van der Waals surface area contributed by atoms with Gasteiger partial charge >= 0.3 is 0 Å². The highest BCUT2D eigenvalue weighted by Crippen LogP contribution is 2.38. The Labute approximate surface area is 155 Å². The van der Waals surface area contributed by atoms with Gasteiger partial charge in [-0.2, -0.15) is 0 Å². The molecule has 3 aliphatic rings. The molecule has 6 nitrogen and oxygen atoms in total. The minimum Gasteiger partial charge on any atom is -0.351 e. The zero-order valence-corrected chi connectivity index (χ0v) is 16.0. The monoisotopic (exact) mass is 377 g/mol. The van der Waals surface area contributed by atoms with Crippen molar-refractivity contribution >= 4 is 15.9 Å². The molecule has 0 aromatic heterocycles. The lowest BCUT2D eigenvalue weighted by atomic mass is 9.84. The molecule has 0 unspecified atom stereocenters. The molecule has 2 atom stereocenters. The third-order valence-corrected chi connectivity index (χ3v) is 6.85. The summed E-state index contributed by atoms with van der Waals surface area (Å²) in [6.07, 6.45) is 6.39. The number of hydrogen-bond acceptors (Lipinski definition) is 4. The van der Waals surface area contributed by atoms with Crippen molar-refractivity contribution in [2.75, 3.05) is 19.3 Å². The SMILES string of the molecule is CS(=O)(=O)N[C@@H]1CN2CCCC[C@@]2(C(=O)NC2Cc3ccccc3C2)C1. The molecule has 0 saturated carbocycles. The van der Waals surface area contributed by atoms with E-state index in [4.69, 9.17) is 0 Å². The summed E-state index contributed by atoms with van der Waals surface area (Å²) in [4.78, 5) is 15.5. The van der Waals surface area contributed by atoms with Gasteiger partial charge in [0.25, 0.3) is 0 Å². The largest absolute Gasteiger partial charge is 0.351 e. The minimum absolute atomic E-state index is 0.0767. The fourth-order valence-electron chi connectivity index (χ4n) is 5.04. The van der Waals surface area contributed by atoms with Crippen LogP contribution in [0.2, 0.25) is 0 Å². The Balaban J connectivity index is 1.48. The molecular weight excluding hydrogens is 350 g/mol. The number of carbonyl (C=O) groups excluding carboxylic acids is 1. The van der Waals surface area contributed by atoms with E-state index in [1.54, 1.807) is 0 Å². The Morgan fingerprint density at radius 3 is 2.50 bits per heavy atom. The fourth-order valence-corrected chi connectivity index (χ4v) is 5.80. The molecule has 1 aromatic carbocycles. The summed E-state index contributed by atoms with van der Waals surface area (Å²) in [5.41, 5.74) is 2.08. The van der Waals surface area contributed by atoms with E-state index in [-0.39, 0.29) is 18.0 Å². The van der Waals surface area contributed by atoms with Crippen molar-refractivity contribution in [1.82, 2.24) is 14.9 Å². The highest BCUT2D eigenvalue weighted by Gasteiger charge is 2.52. The lowest BCUT2D eigenvalue weighted by molar-refractivity contribution is -0.134. The predicted octanol–water partition coefficient (Wildman–Crippen LogP) is 0.816. The number of fused-ring (bicyclic) bond motifs is 2. The van der Waals surface area contributed by atoms with Crippen LogP contribution in [0.25, 0.3) is 0 Å². The lowest BCUT2D eigenvalue weighted by Gasteiger charge is -2.41. The molecule has 2 fully saturated rings. The molecule has 4 rings (SSSR count). The number of piperidine rings is 1. The van der Waals surface area contributed by atoms with Crippen molar-refractivity contribution in [3.8, 4) is 0 Å². The van der Waals surface area contributed by atoms with Crippen LogP contribution in [-0.2, 0) is 27.7 Å². The van der Waals surface area contributed by atoms with Gasteiger partial charge in [-0.15, -0.1) is 0 Å². The number of sulfonamides is 1. The highest BCUT2D eigenvalue weighted by atomic mass is 32.2. The van der Waals surface area contributed by atoms with Crippen LogP contribution in [0.5, 0.6) is 0 Å². The molecule has 2 heterocycles. The molecule has 7 heteroatoms. The minimum atomic E-state index is -3.27. The van der Waals surface area contributed by atoms with E-state index in [0.29, 0.717) is 13.0 Å². The van der Waals surface area contributed by atoms with Crippen LogP contribution in [0.4, 0.5) is 0 Å². The van der Waals surface area contributed by atoms with Gasteiger partial charge in [-0.05, 0) is 56.2 Å². The summed E-state index contributed by atoms with van der Waals surface area (Å²) in [7, 11) is -3.27. The zero-order valence-electron chi connectivity index (χ0n) is 15.2. The molecule has 142 valence electrons. The summed E-state index contributed by atoms with van der Waals surface area (Å²) in [6.45, 7) is 1.48. The van der Waals surface area contributed by atoms with Crippen molar-refractivity contribution in [3.63, 3.8) is 0 Å². The topological polar surface area (TPSA) is 78.5 Å². The Hall–Kier alpha value is -1.44. The molecule has 1 amide bonds. The van der Waals surface area contributed by atoms with Crippen molar-refractivity contribution < 1.29 is 13.2 Å². The van der Waals surface area contributed by atoms with E-state index in [9.17, 15) is 13.2 Å². The molecule has 2 aliphatic heterocycles. The van der Waals surface area contributed by atoms with Crippen LogP contribution >= 0.6 is 0 Å². The van der Waals surface area contributed by atoms with Gasteiger partial charge in [-0.25, -0.2) is 13.1 Å². The third-order valence-electron chi connectivity index (χ3n) is 6.09. The second-order valence-electron chi connectivity index (χ2n) is 8.07. The maximum absolute atomic E-state index is 13.3. The molecular formula is C19H27N3O3S. The molecule has 2 saturated heterocycles. The van der Waals surface area contributed by atoms with Gasteiger partial charge < -0.3 is 5.32 Å². The van der Waals surface area contributed by atoms with E-state index >= 15 is 0 Å². The lowest BCUT2D eigenvalue weighted by Crippen LogP contribution is -2.59. The van der Waals surface area contributed by atoms with Crippen LogP contribution in [-0.4, -0.2) is 56.2 Å². The number of nitrogens with one attached hydrogen (secondary N) is 2. The standard InChI is InChI=1S/C19H27N3O3S/c1-26(24,25)21-17-12-19(8-4-5-9-22(19)13-17)18(23)20-16-10-14-6-2-3-7-15(14)11-16/h2-3,6-7,16-17,21H,4-5,8-13H2,1H3,(H,20,23)/t17-,19-/m0/s1. The van der Waals surface area contributed by atoms with Gasteiger partial charge in [0.1, 0.15) is 5.54 Å². The zero-order chi connectivity index (χ0) is 18.4. The van der Waals surface area contributed by atoms with Crippen molar-refractivity contribution in [2.24, 2.45) is 0 Å². The average Bonchev–Trinajstić information content (AvgIpc) is 3.13. The van der Waals surface area contributed by atoms with Crippen LogP contribution in [0.3, 0.4) is 0 Å². The first-order valence-corrected chi connectivity index (χ1v) is 11.3. The van der Waals surface area contributed by atoms with Crippen LogP contribution in [0, 0.1) is 0 Å². The second kappa shape index (κ2) is 6.62. The summed E-state index contributed by atoms with van der Waals surface area (Å²) >= 11 is 0. The first-order chi connectivity index (χ1) is 12.4. The predicted molar refractivity (Wildman–Crippen MR) is 100 cm³/mol. The van der Waals surface area contributed by atoms with Gasteiger partial charge in [0.2, 0.25) is 15.9 Å². The molecule has 0 bridgehead atoms. The smallest absolute Gasteiger partial charge is 0.240 e. The number of nitrogens with zero attached hydrogens (tertiary/aromatic N) is 1. The first-order valence-electron chi connectivity index (χ1n) is 9.46. The van der Waals surface area contributed by atoms with Gasteiger partial charge in [0, 0.05) is 18.6 Å². The Bertz CT molecular complexity index is 785. The molecule has 1 aliphatic carbocycles. The quantitative estimate of drug-likeness (QED) is 0.814. The number of amides is 1. The molecule has 0 spiro atoms. The summed E-state index contributed by atoms with van der Waals surface area (Å²) in [5, 5.41) is 3.28. The Morgan fingerprint density at radius 1 is 1.15 bits per heavy atom. The average molecular weight is 378 g/mol. The first kappa shape index (κ1) is 17.9. The number of benzene rings is 1. The van der Waals surface area contributed by atoms with Gasteiger partial charge in [-0.3, -0.25) is 9.69 Å². The van der Waals surface area contributed by atoms with Crippen LogP contribution in [0.15, 0.2) is 24.3 Å². The van der Waals surface area contributed by atoms with Crippen molar-refractivity contribution in [3.05, 3.63) is 35.4 Å². The fraction of sp³-hybridized carbons (Fsp3) is 0.632. The molecule has 26 heavy (non-hydrogen) atoms. The highest BCUT2D eigenvalue weighted by molar-refractivity contribution is 7.88.